The molecular formula is C16H20O6. The summed E-state index contributed by atoms with van der Waals surface area (Å²) in [6.45, 7) is 0.745. The third kappa shape index (κ3) is 3.98. The molecule has 1 aliphatic rings. The van der Waals surface area contributed by atoms with Crippen molar-refractivity contribution in [1.82, 2.24) is 0 Å². The summed E-state index contributed by atoms with van der Waals surface area (Å²) >= 11 is 0. The van der Waals surface area contributed by atoms with Gasteiger partial charge in [0.25, 0.3) is 0 Å². The molecule has 1 aliphatic carbocycles. The third-order valence-corrected chi connectivity index (χ3v) is 3.67. The average molecular weight is 308 g/mol. The SMILES string of the molecule is COC(=O)C1CC(OCCOc2ccc(OC)cc2C=O)C1. The Morgan fingerprint density at radius 3 is 2.68 bits per heavy atom. The first-order chi connectivity index (χ1) is 10.7. The summed E-state index contributed by atoms with van der Waals surface area (Å²) in [7, 11) is 2.93. The fourth-order valence-corrected chi connectivity index (χ4v) is 2.30. The minimum Gasteiger partial charge on any atom is -0.497 e. The van der Waals surface area contributed by atoms with Gasteiger partial charge in [-0.3, -0.25) is 9.59 Å². The van der Waals surface area contributed by atoms with Crippen LogP contribution in [0.2, 0.25) is 0 Å². The van der Waals surface area contributed by atoms with Gasteiger partial charge in [0.1, 0.15) is 18.1 Å². The van der Waals surface area contributed by atoms with Crippen LogP contribution in [0.3, 0.4) is 0 Å². The van der Waals surface area contributed by atoms with Gasteiger partial charge in [-0.15, -0.1) is 0 Å². The molecule has 0 unspecified atom stereocenters. The molecule has 120 valence electrons. The fourth-order valence-electron chi connectivity index (χ4n) is 2.30. The summed E-state index contributed by atoms with van der Waals surface area (Å²) < 4.78 is 20.9. The van der Waals surface area contributed by atoms with Crippen LogP contribution in [0.1, 0.15) is 23.2 Å². The van der Waals surface area contributed by atoms with E-state index in [1.165, 1.54) is 7.11 Å². The second kappa shape index (κ2) is 7.79. The van der Waals surface area contributed by atoms with Gasteiger partial charge in [-0.05, 0) is 31.0 Å². The van der Waals surface area contributed by atoms with Crippen molar-refractivity contribution in [3.8, 4) is 11.5 Å². The van der Waals surface area contributed by atoms with Crippen molar-refractivity contribution in [3.05, 3.63) is 23.8 Å². The first kappa shape index (κ1) is 16.3. The lowest BCUT2D eigenvalue weighted by atomic mass is 9.82. The predicted octanol–water partition coefficient (Wildman–Crippen LogP) is 1.85. The molecule has 0 amide bonds. The molecule has 0 atom stereocenters. The molecule has 1 fully saturated rings. The minimum absolute atomic E-state index is 0.0424. The molecule has 2 rings (SSSR count). The number of hydrogen-bond acceptors (Lipinski definition) is 6. The summed E-state index contributed by atoms with van der Waals surface area (Å²) in [4.78, 5) is 22.2. The largest absolute Gasteiger partial charge is 0.497 e. The summed E-state index contributed by atoms with van der Waals surface area (Å²) in [6, 6.07) is 5.05. The van der Waals surface area contributed by atoms with Crippen LogP contribution in [0.25, 0.3) is 0 Å². The topological polar surface area (TPSA) is 71.1 Å². The van der Waals surface area contributed by atoms with Crippen LogP contribution in [0.5, 0.6) is 11.5 Å². The maximum absolute atomic E-state index is 11.2. The van der Waals surface area contributed by atoms with Crippen LogP contribution in [0.15, 0.2) is 18.2 Å². The van der Waals surface area contributed by atoms with Gasteiger partial charge in [-0.25, -0.2) is 0 Å². The van der Waals surface area contributed by atoms with Gasteiger partial charge in [0.15, 0.2) is 6.29 Å². The number of rotatable bonds is 8. The van der Waals surface area contributed by atoms with Crippen molar-refractivity contribution >= 4 is 12.3 Å². The molecule has 22 heavy (non-hydrogen) atoms. The Labute approximate surface area is 129 Å². The van der Waals surface area contributed by atoms with E-state index in [0.717, 1.165) is 6.29 Å². The number of carbonyl (C=O) groups is 2. The molecule has 0 radical (unpaired) electrons. The molecule has 0 aliphatic heterocycles. The number of methoxy groups -OCH3 is 2. The number of carbonyl (C=O) groups excluding carboxylic acids is 2. The third-order valence-electron chi connectivity index (χ3n) is 3.67. The number of ether oxygens (including phenoxy) is 4. The van der Waals surface area contributed by atoms with E-state index in [2.05, 4.69) is 4.74 Å². The Kier molecular flexibility index (Phi) is 5.77. The highest BCUT2D eigenvalue weighted by atomic mass is 16.5. The lowest BCUT2D eigenvalue weighted by Crippen LogP contribution is -2.37. The first-order valence-corrected chi connectivity index (χ1v) is 7.13. The molecule has 1 saturated carbocycles. The summed E-state index contributed by atoms with van der Waals surface area (Å²) in [6.07, 6.45) is 2.18. The van der Waals surface area contributed by atoms with Crippen molar-refractivity contribution in [3.63, 3.8) is 0 Å². The van der Waals surface area contributed by atoms with Gasteiger partial charge in [0.2, 0.25) is 0 Å². The van der Waals surface area contributed by atoms with Crippen molar-refractivity contribution in [2.45, 2.75) is 18.9 Å². The highest BCUT2D eigenvalue weighted by Gasteiger charge is 2.35. The Balaban J connectivity index is 1.69. The van der Waals surface area contributed by atoms with Gasteiger partial charge in [0, 0.05) is 0 Å². The van der Waals surface area contributed by atoms with Crippen LogP contribution in [-0.4, -0.2) is 45.8 Å². The van der Waals surface area contributed by atoms with Gasteiger partial charge in [0.05, 0.1) is 38.4 Å². The highest BCUT2D eigenvalue weighted by molar-refractivity contribution is 5.80. The van der Waals surface area contributed by atoms with E-state index in [0.29, 0.717) is 43.1 Å². The van der Waals surface area contributed by atoms with E-state index in [9.17, 15) is 9.59 Å². The molecule has 0 spiro atoms. The summed E-state index contributed by atoms with van der Waals surface area (Å²) in [5.41, 5.74) is 0.439. The Morgan fingerprint density at radius 2 is 2.05 bits per heavy atom. The second-order valence-electron chi connectivity index (χ2n) is 5.05. The molecule has 0 heterocycles. The normalized spacial score (nSPS) is 19.9. The van der Waals surface area contributed by atoms with E-state index in [-0.39, 0.29) is 18.0 Å². The Bertz CT molecular complexity index is 521. The highest BCUT2D eigenvalue weighted by Crippen LogP contribution is 2.31. The van der Waals surface area contributed by atoms with Gasteiger partial charge in [-0.2, -0.15) is 0 Å². The zero-order chi connectivity index (χ0) is 15.9. The number of benzene rings is 1. The molecule has 6 heteroatoms. The predicted molar refractivity (Wildman–Crippen MR) is 78.4 cm³/mol. The number of hydrogen-bond donors (Lipinski definition) is 0. The average Bonchev–Trinajstić information content (AvgIpc) is 2.52. The molecule has 1 aromatic rings. The fraction of sp³-hybridized carbons (Fsp3) is 0.500. The smallest absolute Gasteiger partial charge is 0.308 e. The maximum atomic E-state index is 11.2. The van der Waals surface area contributed by atoms with Crippen LogP contribution in [0.4, 0.5) is 0 Å². The standard InChI is InChI=1S/C16H20O6/c1-19-13-3-4-15(12(9-13)10-17)22-6-5-21-14-7-11(8-14)16(18)20-2/h3-4,9-11,14H,5-8H2,1-2H3. The van der Waals surface area contributed by atoms with E-state index in [1.807, 2.05) is 0 Å². The molecule has 0 aromatic heterocycles. The molecule has 0 N–H and O–H groups in total. The maximum Gasteiger partial charge on any atom is 0.308 e. The van der Waals surface area contributed by atoms with Crippen LogP contribution >= 0.6 is 0 Å². The van der Waals surface area contributed by atoms with Crippen molar-refractivity contribution < 1.29 is 28.5 Å². The molecule has 0 bridgehead atoms. The lowest BCUT2D eigenvalue weighted by Gasteiger charge is -2.32. The number of esters is 1. The van der Waals surface area contributed by atoms with Gasteiger partial charge < -0.3 is 18.9 Å². The van der Waals surface area contributed by atoms with Crippen molar-refractivity contribution in [2.24, 2.45) is 5.92 Å². The van der Waals surface area contributed by atoms with Crippen molar-refractivity contribution in [1.29, 1.82) is 0 Å². The Hall–Kier alpha value is -2.08. The van der Waals surface area contributed by atoms with Crippen LogP contribution in [0, 0.1) is 5.92 Å². The van der Waals surface area contributed by atoms with Crippen LogP contribution < -0.4 is 9.47 Å². The molecule has 1 aromatic carbocycles. The quantitative estimate of drug-likeness (QED) is 0.415. The summed E-state index contributed by atoms with van der Waals surface area (Å²) in [5, 5.41) is 0. The first-order valence-electron chi connectivity index (χ1n) is 7.13. The minimum atomic E-state index is -0.176. The van der Waals surface area contributed by atoms with Crippen LogP contribution in [-0.2, 0) is 14.3 Å². The monoisotopic (exact) mass is 308 g/mol. The second-order valence-corrected chi connectivity index (χ2v) is 5.05. The van der Waals surface area contributed by atoms with E-state index in [4.69, 9.17) is 14.2 Å². The number of aldehydes is 1. The van der Waals surface area contributed by atoms with E-state index < -0.39 is 0 Å². The lowest BCUT2D eigenvalue weighted by molar-refractivity contribution is -0.155. The molecule has 0 saturated heterocycles. The van der Waals surface area contributed by atoms with Crippen molar-refractivity contribution in [2.75, 3.05) is 27.4 Å². The zero-order valence-electron chi connectivity index (χ0n) is 12.7. The van der Waals surface area contributed by atoms with Gasteiger partial charge >= 0.3 is 5.97 Å². The molecule has 6 nitrogen and oxygen atoms in total. The van der Waals surface area contributed by atoms with Gasteiger partial charge in [-0.1, -0.05) is 0 Å². The Morgan fingerprint density at radius 1 is 1.27 bits per heavy atom. The summed E-state index contributed by atoms with van der Waals surface area (Å²) in [5.74, 6) is 0.888. The molecular weight excluding hydrogens is 288 g/mol. The van der Waals surface area contributed by atoms with E-state index in [1.54, 1.807) is 25.3 Å². The zero-order valence-corrected chi connectivity index (χ0v) is 12.7. The van der Waals surface area contributed by atoms with E-state index >= 15 is 0 Å².